The van der Waals surface area contributed by atoms with Crippen LogP contribution in [0, 0.1) is 16.2 Å². The Balaban J connectivity index is 2.09. The maximum Gasteiger partial charge on any atom is 0.338 e. The Hall–Kier alpha value is -3.79. The Morgan fingerprint density at radius 3 is 2.13 bits per heavy atom. The van der Waals surface area contributed by atoms with Crippen LogP contribution in [0.2, 0.25) is 0 Å². The predicted octanol–water partition coefficient (Wildman–Crippen LogP) is 2.73. The van der Waals surface area contributed by atoms with Gasteiger partial charge in [0.15, 0.2) is 0 Å². The van der Waals surface area contributed by atoms with Gasteiger partial charge in [-0.05, 0) is 59.2 Å². The first-order chi connectivity index (χ1) is 18.0. The third kappa shape index (κ3) is 5.80. The van der Waals surface area contributed by atoms with Crippen molar-refractivity contribution < 1.29 is 29.0 Å². The zero-order chi connectivity index (χ0) is 29.3. The van der Waals surface area contributed by atoms with Crippen LogP contribution in [0.25, 0.3) is 0 Å². The number of rotatable bonds is 6. The molecule has 1 saturated carbocycles. The van der Waals surface area contributed by atoms with Crippen LogP contribution in [0.4, 0.5) is 0 Å². The highest BCUT2D eigenvalue weighted by Gasteiger charge is 2.55. The van der Waals surface area contributed by atoms with E-state index >= 15 is 0 Å². The summed E-state index contributed by atoms with van der Waals surface area (Å²) in [4.78, 5) is 64.7. The summed E-state index contributed by atoms with van der Waals surface area (Å²) in [6.45, 7) is 13.2. The predicted molar refractivity (Wildman–Crippen MR) is 143 cm³/mol. The first kappa shape index (κ1) is 29.8. The monoisotopic (exact) mass is 540 g/mol. The van der Waals surface area contributed by atoms with Crippen molar-refractivity contribution in [2.45, 2.75) is 60.1 Å². The van der Waals surface area contributed by atoms with Crippen LogP contribution in [0.3, 0.4) is 0 Å². The number of nitrogens with zero attached hydrogens (tertiary/aromatic N) is 2. The molecule has 1 aromatic heterocycles. The topological polar surface area (TPSA) is 134 Å². The zero-order valence-electron chi connectivity index (χ0n) is 23.2. The Kier molecular flexibility index (Phi) is 8.21. The number of hydrogen-bond acceptors (Lipinski definition) is 8. The summed E-state index contributed by atoms with van der Waals surface area (Å²) < 4.78 is 13.1. The van der Waals surface area contributed by atoms with E-state index in [0.29, 0.717) is 4.57 Å². The van der Waals surface area contributed by atoms with Gasteiger partial charge in [-0.3, -0.25) is 23.7 Å². The molecule has 0 saturated heterocycles. The quantitative estimate of drug-likeness (QED) is 0.437. The van der Waals surface area contributed by atoms with Gasteiger partial charge in [0.2, 0.25) is 0 Å². The van der Waals surface area contributed by atoms with Crippen molar-refractivity contribution in [1.82, 2.24) is 9.13 Å². The molecule has 0 bridgehead atoms. The minimum Gasteiger partial charge on any atom is -0.464 e. The third-order valence-corrected chi connectivity index (χ3v) is 6.88. The van der Waals surface area contributed by atoms with Crippen LogP contribution >= 0.6 is 0 Å². The molecule has 0 amide bonds. The van der Waals surface area contributed by atoms with Crippen molar-refractivity contribution in [3.8, 4) is 0 Å². The molecule has 1 N–H and O–H groups in total. The van der Waals surface area contributed by atoms with Crippen molar-refractivity contribution >= 4 is 17.8 Å². The molecule has 1 fully saturated rings. The normalized spacial score (nSPS) is 21.5. The van der Waals surface area contributed by atoms with Crippen molar-refractivity contribution in [3.63, 3.8) is 0 Å². The number of aliphatic hydroxyl groups excluding tert-OH is 1. The lowest BCUT2D eigenvalue weighted by Crippen LogP contribution is -2.45. The van der Waals surface area contributed by atoms with E-state index in [1.54, 1.807) is 59.7 Å². The minimum atomic E-state index is -1.43. The number of ether oxygens (including phenoxy) is 2. The lowest BCUT2D eigenvalue weighted by Gasteiger charge is -2.35. The molecule has 2 aromatic rings. The molecule has 210 valence electrons. The molecular formula is C29H36N2O8. The Bertz CT molecular complexity index is 1390. The summed E-state index contributed by atoms with van der Waals surface area (Å²) in [6, 6.07) is 8.11. The third-order valence-electron chi connectivity index (χ3n) is 6.88. The van der Waals surface area contributed by atoms with E-state index in [2.05, 4.69) is 6.58 Å². The highest BCUT2D eigenvalue weighted by molar-refractivity contribution is 5.95. The van der Waals surface area contributed by atoms with Crippen LogP contribution in [0.15, 0.2) is 64.3 Å². The molecule has 10 nitrogen and oxygen atoms in total. The molecule has 3 atom stereocenters. The summed E-state index contributed by atoms with van der Waals surface area (Å²) in [5, 5.41) is 10.6. The lowest BCUT2D eigenvalue weighted by molar-refractivity contribution is -0.171. The molecular weight excluding hydrogens is 504 g/mol. The standard InChI is InChI=1S/C29H36N2O8/c1-18-20(30-14-13-22(33)31(26(30)37)23(34)19-11-9-8-10-12-19)15-21(39-25(36)28(5,6)7)29(18,16-32)17-38-24(35)27(2,3)4/h8-14,20-21,32H,1,15-17H2,2-7H3/t20-,21-,29-/m0/s1. The summed E-state index contributed by atoms with van der Waals surface area (Å²) in [5.41, 5.74) is -4.46. The van der Waals surface area contributed by atoms with Crippen LogP contribution in [-0.4, -0.2) is 51.4 Å². The number of aliphatic hydroxyl groups is 1. The average Bonchev–Trinajstić information content (AvgIpc) is 3.13. The fourth-order valence-electron chi connectivity index (χ4n) is 4.33. The van der Waals surface area contributed by atoms with Crippen LogP contribution in [-0.2, 0) is 19.1 Å². The fraction of sp³-hybridized carbons (Fsp3) is 0.483. The van der Waals surface area contributed by atoms with Crippen molar-refractivity contribution in [2.75, 3.05) is 13.2 Å². The van der Waals surface area contributed by atoms with Gasteiger partial charge in [0.05, 0.1) is 28.9 Å². The Morgan fingerprint density at radius 1 is 1.00 bits per heavy atom. The lowest BCUT2D eigenvalue weighted by atomic mass is 9.81. The fourth-order valence-corrected chi connectivity index (χ4v) is 4.33. The van der Waals surface area contributed by atoms with Crippen LogP contribution in [0.5, 0.6) is 0 Å². The zero-order valence-corrected chi connectivity index (χ0v) is 23.2. The van der Waals surface area contributed by atoms with Gasteiger partial charge in [-0.25, -0.2) is 4.79 Å². The van der Waals surface area contributed by atoms with Crippen LogP contribution < -0.4 is 11.2 Å². The van der Waals surface area contributed by atoms with E-state index < -0.39 is 64.1 Å². The number of esters is 2. The van der Waals surface area contributed by atoms with Crippen molar-refractivity contribution in [3.05, 3.63) is 81.1 Å². The van der Waals surface area contributed by atoms with Gasteiger partial charge >= 0.3 is 17.6 Å². The van der Waals surface area contributed by atoms with E-state index in [0.717, 1.165) is 10.6 Å². The number of benzene rings is 1. The number of hydrogen-bond donors (Lipinski definition) is 1. The second kappa shape index (κ2) is 10.8. The minimum absolute atomic E-state index is 0.00802. The van der Waals surface area contributed by atoms with E-state index in [4.69, 9.17) is 9.47 Å². The molecule has 3 rings (SSSR count). The molecule has 1 aliphatic carbocycles. The summed E-state index contributed by atoms with van der Waals surface area (Å²) in [7, 11) is 0. The van der Waals surface area contributed by atoms with Gasteiger partial charge in [-0.1, -0.05) is 24.8 Å². The van der Waals surface area contributed by atoms with Gasteiger partial charge < -0.3 is 14.6 Å². The number of carbonyl (C=O) groups excluding carboxylic acids is 3. The summed E-state index contributed by atoms with van der Waals surface area (Å²) >= 11 is 0. The second-order valence-electron chi connectivity index (χ2n) is 11.9. The second-order valence-corrected chi connectivity index (χ2v) is 11.9. The highest BCUT2D eigenvalue weighted by Crippen LogP contribution is 2.50. The van der Waals surface area contributed by atoms with E-state index in [1.165, 1.54) is 18.3 Å². The molecule has 1 heterocycles. The van der Waals surface area contributed by atoms with Crippen molar-refractivity contribution in [2.24, 2.45) is 16.2 Å². The van der Waals surface area contributed by atoms with Crippen molar-refractivity contribution in [1.29, 1.82) is 0 Å². The molecule has 0 radical (unpaired) electrons. The van der Waals surface area contributed by atoms with E-state index in [1.807, 2.05) is 0 Å². The van der Waals surface area contributed by atoms with Gasteiger partial charge in [0.1, 0.15) is 12.7 Å². The number of aromatic nitrogens is 2. The Morgan fingerprint density at radius 2 is 1.59 bits per heavy atom. The van der Waals surface area contributed by atoms with Gasteiger partial charge in [0, 0.05) is 24.2 Å². The average molecular weight is 541 g/mol. The maximum absolute atomic E-state index is 13.5. The molecule has 1 aliphatic rings. The van der Waals surface area contributed by atoms with E-state index in [9.17, 15) is 29.1 Å². The Labute approximate surface area is 226 Å². The van der Waals surface area contributed by atoms with E-state index in [-0.39, 0.29) is 24.2 Å². The molecule has 1 aromatic carbocycles. The molecule has 10 heteroatoms. The highest BCUT2D eigenvalue weighted by atomic mass is 16.6. The van der Waals surface area contributed by atoms with Gasteiger partial charge in [-0.2, -0.15) is 4.57 Å². The van der Waals surface area contributed by atoms with Gasteiger partial charge in [0.25, 0.3) is 11.5 Å². The maximum atomic E-state index is 13.5. The smallest absolute Gasteiger partial charge is 0.338 e. The molecule has 0 aliphatic heterocycles. The first-order valence-corrected chi connectivity index (χ1v) is 12.7. The number of carbonyl (C=O) groups is 3. The summed E-state index contributed by atoms with van der Waals surface area (Å²) in [5.74, 6) is -1.89. The molecule has 0 unspecified atom stereocenters. The molecule has 39 heavy (non-hydrogen) atoms. The van der Waals surface area contributed by atoms with Gasteiger partial charge in [-0.15, -0.1) is 0 Å². The SMILES string of the molecule is C=C1[C@@H](n2ccc(=O)n(C(=O)c3ccccc3)c2=O)C[C@H](OC(=O)C(C)(C)C)[C@@]1(CO)COC(=O)C(C)(C)C. The summed E-state index contributed by atoms with van der Waals surface area (Å²) in [6.07, 6.45) is 0.218. The largest absolute Gasteiger partial charge is 0.464 e. The first-order valence-electron chi connectivity index (χ1n) is 12.7. The molecule has 0 spiro atoms. The van der Waals surface area contributed by atoms with Crippen LogP contribution in [0.1, 0.15) is 64.4 Å².